The first-order valence-corrected chi connectivity index (χ1v) is 8.05. The predicted molar refractivity (Wildman–Crippen MR) is 97.9 cm³/mol. The minimum atomic E-state index is -0.590. The molecule has 0 radical (unpaired) electrons. The van der Waals surface area contributed by atoms with Gasteiger partial charge in [-0.05, 0) is 18.2 Å². The number of nitrogens with zero attached hydrogens (tertiary/aromatic N) is 1. The molecule has 0 bridgehead atoms. The van der Waals surface area contributed by atoms with Gasteiger partial charge in [0.15, 0.2) is 12.4 Å². The zero-order valence-electron chi connectivity index (χ0n) is 14.6. The molecule has 0 heterocycles. The summed E-state index contributed by atoms with van der Waals surface area (Å²) in [5, 5.41) is 16.2. The highest BCUT2D eigenvalue weighted by atomic mass is 16.6. The predicted octanol–water partition coefficient (Wildman–Crippen LogP) is 1.99. The summed E-state index contributed by atoms with van der Waals surface area (Å²) < 4.78 is 10.1. The highest BCUT2D eigenvalue weighted by molar-refractivity contribution is 6.04. The largest absolute Gasteiger partial charge is 0.477 e. The van der Waals surface area contributed by atoms with E-state index in [1.54, 1.807) is 30.3 Å². The third kappa shape index (κ3) is 5.79. The number of carbonyl (C=O) groups excluding carboxylic acids is 2. The molecule has 0 aliphatic carbocycles. The number of nitro benzene ring substituents is 1. The van der Waals surface area contributed by atoms with Crippen LogP contribution in [-0.4, -0.2) is 43.6 Å². The molecular formula is C18H19N3O6. The smallest absolute Gasteiger partial charge is 0.310 e. The van der Waals surface area contributed by atoms with E-state index in [0.717, 1.165) is 0 Å². The maximum Gasteiger partial charge on any atom is 0.310 e. The number of benzene rings is 2. The molecule has 2 aromatic carbocycles. The van der Waals surface area contributed by atoms with E-state index in [1.165, 1.54) is 25.3 Å². The van der Waals surface area contributed by atoms with Crippen molar-refractivity contribution < 1.29 is 24.0 Å². The Kier molecular flexibility index (Phi) is 7.26. The van der Waals surface area contributed by atoms with E-state index in [1.807, 2.05) is 0 Å². The van der Waals surface area contributed by atoms with Crippen molar-refractivity contribution in [3.8, 4) is 5.75 Å². The fourth-order valence-corrected chi connectivity index (χ4v) is 2.21. The quantitative estimate of drug-likeness (QED) is 0.394. The normalized spacial score (nSPS) is 10.1. The minimum Gasteiger partial charge on any atom is -0.477 e. The van der Waals surface area contributed by atoms with Crippen LogP contribution in [0.5, 0.6) is 5.75 Å². The van der Waals surface area contributed by atoms with Gasteiger partial charge < -0.3 is 20.1 Å². The number of hydrogen-bond donors (Lipinski definition) is 2. The third-order valence-corrected chi connectivity index (χ3v) is 3.46. The molecule has 0 aliphatic rings. The van der Waals surface area contributed by atoms with E-state index in [0.29, 0.717) is 18.8 Å². The van der Waals surface area contributed by atoms with Gasteiger partial charge in [0.2, 0.25) is 0 Å². The topological polar surface area (TPSA) is 120 Å². The molecule has 0 aliphatic heterocycles. The number of amides is 2. The molecule has 2 aromatic rings. The van der Waals surface area contributed by atoms with Gasteiger partial charge in [0.1, 0.15) is 0 Å². The molecule has 0 saturated heterocycles. The number of carbonyl (C=O) groups is 2. The fraction of sp³-hybridized carbons (Fsp3) is 0.222. The van der Waals surface area contributed by atoms with Crippen LogP contribution in [0.3, 0.4) is 0 Å². The SMILES string of the molecule is COCCNC(=O)c1ccccc1NC(=O)COc1ccccc1[N+](=O)[O-]. The summed E-state index contributed by atoms with van der Waals surface area (Å²) in [6.45, 7) is 0.257. The summed E-state index contributed by atoms with van der Waals surface area (Å²) in [7, 11) is 1.53. The summed E-state index contributed by atoms with van der Waals surface area (Å²) >= 11 is 0. The van der Waals surface area contributed by atoms with Crippen LogP contribution in [-0.2, 0) is 9.53 Å². The Bertz CT molecular complexity index is 824. The van der Waals surface area contributed by atoms with Crippen molar-refractivity contribution in [2.45, 2.75) is 0 Å². The van der Waals surface area contributed by atoms with Gasteiger partial charge in [-0.25, -0.2) is 0 Å². The summed E-state index contributed by atoms with van der Waals surface area (Å²) in [4.78, 5) is 34.7. The minimum absolute atomic E-state index is 0.0109. The van der Waals surface area contributed by atoms with E-state index in [9.17, 15) is 19.7 Å². The summed E-state index contributed by atoms with van der Waals surface area (Å²) in [5.74, 6) is -0.920. The monoisotopic (exact) mass is 373 g/mol. The maximum atomic E-state index is 12.2. The van der Waals surface area contributed by atoms with Crippen molar-refractivity contribution in [1.29, 1.82) is 0 Å². The van der Waals surface area contributed by atoms with E-state index in [4.69, 9.17) is 9.47 Å². The van der Waals surface area contributed by atoms with E-state index in [-0.39, 0.29) is 22.9 Å². The molecule has 2 amide bonds. The van der Waals surface area contributed by atoms with Gasteiger partial charge in [-0.2, -0.15) is 0 Å². The maximum absolute atomic E-state index is 12.2. The van der Waals surface area contributed by atoms with Crippen molar-refractivity contribution in [2.75, 3.05) is 32.2 Å². The number of nitro groups is 1. The Morgan fingerprint density at radius 3 is 2.56 bits per heavy atom. The number of anilines is 1. The average Bonchev–Trinajstić information content (AvgIpc) is 2.67. The Morgan fingerprint density at radius 1 is 1.11 bits per heavy atom. The van der Waals surface area contributed by atoms with Crippen LogP contribution in [0.4, 0.5) is 11.4 Å². The molecule has 0 spiro atoms. The van der Waals surface area contributed by atoms with Crippen LogP contribution in [0.2, 0.25) is 0 Å². The Morgan fingerprint density at radius 2 is 1.81 bits per heavy atom. The summed E-state index contributed by atoms with van der Waals surface area (Å²) in [6, 6.07) is 12.3. The lowest BCUT2D eigenvalue weighted by Crippen LogP contribution is -2.29. The van der Waals surface area contributed by atoms with Gasteiger partial charge in [-0.15, -0.1) is 0 Å². The van der Waals surface area contributed by atoms with Crippen LogP contribution >= 0.6 is 0 Å². The second-order valence-corrected chi connectivity index (χ2v) is 5.36. The van der Waals surface area contributed by atoms with Gasteiger partial charge in [-0.1, -0.05) is 24.3 Å². The first kappa shape index (κ1) is 19.9. The molecule has 0 aromatic heterocycles. The van der Waals surface area contributed by atoms with Gasteiger partial charge in [0.25, 0.3) is 11.8 Å². The van der Waals surface area contributed by atoms with Crippen molar-refractivity contribution >= 4 is 23.2 Å². The Labute approximate surface area is 155 Å². The molecule has 0 atom stereocenters. The standard InChI is InChI=1S/C18H19N3O6/c1-26-11-10-19-18(23)13-6-2-3-7-14(13)20-17(22)12-27-16-9-5-4-8-15(16)21(24)25/h2-9H,10-12H2,1H3,(H,19,23)(H,20,22). The Balaban J connectivity index is 2.00. The lowest BCUT2D eigenvalue weighted by atomic mass is 10.1. The number of hydrogen-bond acceptors (Lipinski definition) is 6. The highest BCUT2D eigenvalue weighted by Crippen LogP contribution is 2.25. The fourth-order valence-electron chi connectivity index (χ4n) is 2.21. The first-order valence-electron chi connectivity index (χ1n) is 8.05. The zero-order valence-corrected chi connectivity index (χ0v) is 14.6. The summed E-state index contributed by atoms with van der Waals surface area (Å²) in [5.41, 5.74) is 0.361. The van der Waals surface area contributed by atoms with Crippen LogP contribution < -0.4 is 15.4 Å². The van der Waals surface area contributed by atoms with Gasteiger partial charge in [0, 0.05) is 19.7 Å². The average molecular weight is 373 g/mol. The molecule has 0 saturated carbocycles. The van der Waals surface area contributed by atoms with Crippen LogP contribution in [0.25, 0.3) is 0 Å². The lowest BCUT2D eigenvalue weighted by Gasteiger charge is -2.12. The van der Waals surface area contributed by atoms with Crippen molar-refractivity contribution in [3.05, 3.63) is 64.2 Å². The molecule has 0 fully saturated rings. The number of methoxy groups -OCH3 is 1. The second kappa shape index (κ2) is 9.88. The number of para-hydroxylation sites is 3. The van der Waals surface area contributed by atoms with Gasteiger partial charge in [0.05, 0.1) is 22.8 Å². The summed E-state index contributed by atoms with van der Waals surface area (Å²) in [6.07, 6.45) is 0. The first-order chi connectivity index (χ1) is 13.0. The molecule has 2 N–H and O–H groups in total. The second-order valence-electron chi connectivity index (χ2n) is 5.36. The van der Waals surface area contributed by atoms with Gasteiger partial charge >= 0.3 is 5.69 Å². The number of nitrogens with one attached hydrogen (secondary N) is 2. The number of rotatable bonds is 9. The molecule has 2 rings (SSSR count). The molecular weight excluding hydrogens is 354 g/mol. The highest BCUT2D eigenvalue weighted by Gasteiger charge is 2.16. The molecule has 0 unspecified atom stereocenters. The van der Waals surface area contributed by atoms with Crippen LogP contribution in [0, 0.1) is 10.1 Å². The lowest BCUT2D eigenvalue weighted by molar-refractivity contribution is -0.385. The molecule has 9 nitrogen and oxygen atoms in total. The van der Waals surface area contributed by atoms with Crippen molar-refractivity contribution in [2.24, 2.45) is 0 Å². The number of ether oxygens (including phenoxy) is 2. The van der Waals surface area contributed by atoms with Gasteiger partial charge in [-0.3, -0.25) is 19.7 Å². The van der Waals surface area contributed by atoms with Crippen molar-refractivity contribution in [3.63, 3.8) is 0 Å². The molecule has 142 valence electrons. The van der Waals surface area contributed by atoms with E-state index >= 15 is 0 Å². The third-order valence-electron chi connectivity index (χ3n) is 3.46. The Hall–Kier alpha value is -3.46. The van der Waals surface area contributed by atoms with E-state index in [2.05, 4.69) is 10.6 Å². The molecule has 27 heavy (non-hydrogen) atoms. The van der Waals surface area contributed by atoms with Crippen LogP contribution in [0.15, 0.2) is 48.5 Å². The zero-order chi connectivity index (χ0) is 19.6. The van der Waals surface area contributed by atoms with Crippen LogP contribution in [0.1, 0.15) is 10.4 Å². The molecule has 9 heteroatoms. The van der Waals surface area contributed by atoms with Crippen molar-refractivity contribution in [1.82, 2.24) is 5.32 Å². The van der Waals surface area contributed by atoms with E-state index < -0.39 is 17.4 Å².